The van der Waals surface area contributed by atoms with Crippen LogP contribution in [0.4, 0.5) is 0 Å². The van der Waals surface area contributed by atoms with Gasteiger partial charge in [0.15, 0.2) is 0 Å². The van der Waals surface area contributed by atoms with E-state index in [1.54, 1.807) is 0 Å². The molecule has 6 heteroatoms. The van der Waals surface area contributed by atoms with Crippen LogP contribution in [0.1, 0.15) is 245 Å². The summed E-state index contributed by atoms with van der Waals surface area (Å²) in [7, 11) is 0. The maximum Gasteiger partial charge on any atom is 0.306 e. The normalized spacial score (nSPS) is 14.0. The van der Waals surface area contributed by atoms with Crippen molar-refractivity contribution in [1.82, 2.24) is 5.32 Å². The number of rotatable bonds is 48. The van der Waals surface area contributed by atoms with E-state index in [1.807, 2.05) is 0 Å². The Labute approximate surface area is 407 Å². The van der Waals surface area contributed by atoms with E-state index in [1.165, 1.54) is 89.9 Å². The van der Waals surface area contributed by atoms with Crippen molar-refractivity contribution in [3.8, 4) is 0 Å². The van der Waals surface area contributed by atoms with Crippen molar-refractivity contribution in [2.75, 3.05) is 6.61 Å². The number of nitrogens with one attached hydrogen (secondary N) is 1. The first-order valence-corrected chi connectivity index (χ1v) is 27.5. The van der Waals surface area contributed by atoms with Gasteiger partial charge in [-0.1, -0.05) is 234 Å². The molecule has 0 aliphatic rings. The van der Waals surface area contributed by atoms with Crippen LogP contribution in [0.15, 0.2) is 97.2 Å². The second kappa shape index (κ2) is 52.7. The van der Waals surface area contributed by atoms with Gasteiger partial charge in [-0.05, 0) is 96.3 Å². The molecule has 0 aliphatic carbocycles. The van der Waals surface area contributed by atoms with Crippen molar-refractivity contribution < 1.29 is 24.5 Å². The summed E-state index contributed by atoms with van der Waals surface area (Å²) >= 11 is 0. The van der Waals surface area contributed by atoms with E-state index in [2.05, 4.69) is 123 Å². The fourth-order valence-electron chi connectivity index (χ4n) is 7.81. The molecule has 378 valence electrons. The summed E-state index contributed by atoms with van der Waals surface area (Å²) in [5.41, 5.74) is 0. The van der Waals surface area contributed by atoms with Crippen molar-refractivity contribution >= 4 is 11.9 Å². The Bertz CT molecular complexity index is 1310. The van der Waals surface area contributed by atoms with Crippen LogP contribution in [-0.4, -0.2) is 46.9 Å². The molecule has 0 radical (unpaired) electrons. The van der Waals surface area contributed by atoms with Gasteiger partial charge in [-0.15, -0.1) is 0 Å². The van der Waals surface area contributed by atoms with Crippen LogP contribution in [-0.2, 0) is 14.3 Å². The Morgan fingerprint density at radius 2 is 0.879 bits per heavy atom. The van der Waals surface area contributed by atoms with Crippen molar-refractivity contribution in [3.63, 3.8) is 0 Å². The largest absolute Gasteiger partial charge is 0.462 e. The Kier molecular flexibility index (Phi) is 50.2. The molecular weight excluding hydrogens is 815 g/mol. The molecule has 0 aliphatic heterocycles. The molecule has 0 aromatic carbocycles. The van der Waals surface area contributed by atoms with Gasteiger partial charge in [-0.2, -0.15) is 0 Å². The predicted octanol–water partition coefficient (Wildman–Crippen LogP) is 16.9. The summed E-state index contributed by atoms with van der Waals surface area (Å²) < 4.78 is 5.92. The van der Waals surface area contributed by atoms with Crippen molar-refractivity contribution in [3.05, 3.63) is 97.2 Å². The number of hydrogen-bond acceptors (Lipinski definition) is 5. The van der Waals surface area contributed by atoms with Gasteiger partial charge in [-0.3, -0.25) is 9.59 Å². The van der Waals surface area contributed by atoms with Crippen LogP contribution in [0.3, 0.4) is 0 Å². The zero-order chi connectivity index (χ0) is 48.1. The Hall–Kier alpha value is -3.22. The SMILES string of the molecule is CC/C=C\C/C=C\C/C=C\C/C=C\C/C=C\CCCCCC(=O)OC(CCCCC/C=C/C=C/C=C/CCCCCCC)CC(=O)NC(CO)C(O)CCCCCCCCCCCCCC. The van der Waals surface area contributed by atoms with E-state index in [-0.39, 0.29) is 24.9 Å². The van der Waals surface area contributed by atoms with Gasteiger partial charge >= 0.3 is 5.97 Å². The van der Waals surface area contributed by atoms with Gasteiger partial charge in [0.2, 0.25) is 5.91 Å². The smallest absolute Gasteiger partial charge is 0.306 e. The van der Waals surface area contributed by atoms with E-state index in [0.717, 1.165) is 109 Å². The maximum atomic E-state index is 13.2. The Balaban J connectivity index is 4.73. The van der Waals surface area contributed by atoms with Crippen LogP contribution in [0, 0.1) is 0 Å². The average molecular weight is 918 g/mol. The van der Waals surface area contributed by atoms with E-state index in [0.29, 0.717) is 19.3 Å². The molecule has 0 spiro atoms. The monoisotopic (exact) mass is 918 g/mol. The number of hydrogen-bond donors (Lipinski definition) is 3. The van der Waals surface area contributed by atoms with Crippen molar-refractivity contribution in [2.45, 2.75) is 264 Å². The third kappa shape index (κ3) is 47.3. The highest BCUT2D eigenvalue weighted by atomic mass is 16.5. The minimum Gasteiger partial charge on any atom is -0.462 e. The average Bonchev–Trinajstić information content (AvgIpc) is 3.31. The number of allylic oxidation sites excluding steroid dienone is 16. The highest BCUT2D eigenvalue weighted by molar-refractivity contribution is 5.77. The summed E-state index contributed by atoms with van der Waals surface area (Å²) in [6.07, 6.45) is 70.3. The molecule has 0 fully saturated rings. The fraction of sp³-hybridized carbons (Fsp3) is 0.700. The number of carbonyl (C=O) groups is 2. The van der Waals surface area contributed by atoms with Crippen LogP contribution in [0.2, 0.25) is 0 Å². The molecule has 66 heavy (non-hydrogen) atoms. The number of ether oxygens (including phenoxy) is 1. The van der Waals surface area contributed by atoms with E-state index in [4.69, 9.17) is 4.74 Å². The molecule has 0 rings (SSSR count). The molecule has 0 saturated heterocycles. The minimum absolute atomic E-state index is 0.0363. The third-order valence-corrected chi connectivity index (χ3v) is 12.0. The Morgan fingerprint density at radius 3 is 1.38 bits per heavy atom. The summed E-state index contributed by atoms with van der Waals surface area (Å²) in [6, 6.07) is -0.726. The Morgan fingerprint density at radius 1 is 0.470 bits per heavy atom. The first-order valence-electron chi connectivity index (χ1n) is 27.5. The van der Waals surface area contributed by atoms with Gasteiger partial charge in [0.05, 0.1) is 25.2 Å². The molecule has 3 N–H and O–H groups in total. The highest BCUT2D eigenvalue weighted by Crippen LogP contribution is 2.17. The van der Waals surface area contributed by atoms with Crippen molar-refractivity contribution in [2.24, 2.45) is 0 Å². The number of aliphatic hydroxyl groups is 2. The molecule has 3 atom stereocenters. The highest BCUT2D eigenvalue weighted by Gasteiger charge is 2.24. The van der Waals surface area contributed by atoms with Crippen LogP contribution in [0.5, 0.6) is 0 Å². The zero-order valence-corrected chi connectivity index (χ0v) is 43.0. The molecular formula is C60H103NO5. The van der Waals surface area contributed by atoms with Gasteiger partial charge in [0, 0.05) is 6.42 Å². The lowest BCUT2D eigenvalue weighted by molar-refractivity contribution is -0.151. The second-order valence-electron chi connectivity index (χ2n) is 18.3. The van der Waals surface area contributed by atoms with Gasteiger partial charge in [0.1, 0.15) is 6.10 Å². The number of amides is 1. The zero-order valence-electron chi connectivity index (χ0n) is 43.0. The molecule has 0 aromatic heterocycles. The number of carbonyl (C=O) groups excluding carboxylic acids is 2. The van der Waals surface area contributed by atoms with Crippen LogP contribution in [0.25, 0.3) is 0 Å². The lowest BCUT2D eigenvalue weighted by atomic mass is 10.0. The molecule has 3 unspecified atom stereocenters. The van der Waals surface area contributed by atoms with Crippen LogP contribution >= 0.6 is 0 Å². The number of esters is 1. The van der Waals surface area contributed by atoms with E-state index < -0.39 is 18.2 Å². The van der Waals surface area contributed by atoms with E-state index in [9.17, 15) is 19.8 Å². The second-order valence-corrected chi connectivity index (χ2v) is 18.3. The summed E-state index contributed by atoms with van der Waals surface area (Å²) in [5.74, 6) is -0.549. The standard InChI is InChI=1S/C60H103NO5/c1-4-7-10-13-16-19-22-25-27-29-30-31-33-35-38-41-44-47-50-53-60(65)66-56(51-48-45-42-39-36-34-32-28-26-23-20-17-14-11-8-5-2)54-59(64)61-57(55-62)58(63)52-49-46-43-40-37-24-21-18-15-12-9-6-3/h7,10,16,19,23,25-28,30-32,34-36,38,56-58,62-63H,4-6,8-9,11-15,17-18,20-22,24,29,33,37,39-55H2,1-3H3,(H,61,64)/b10-7-,19-16-,26-23+,27-25-,31-30-,32-28+,36-34+,38-35-. The topological polar surface area (TPSA) is 95.9 Å². The summed E-state index contributed by atoms with van der Waals surface area (Å²) in [5, 5.41) is 23.8. The van der Waals surface area contributed by atoms with Gasteiger partial charge < -0.3 is 20.3 Å². The molecule has 0 heterocycles. The summed E-state index contributed by atoms with van der Waals surface area (Å²) in [4.78, 5) is 26.2. The predicted molar refractivity (Wildman–Crippen MR) is 287 cm³/mol. The fourth-order valence-corrected chi connectivity index (χ4v) is 7.81. The van der Waals surface area contributed by atoms with Gasteiger partial charge in [0.25, 0.3) is 0 Å². The first-order chi connectivity index (χ1) is 32.5. The number of aliphatic hydroxyl groups excluding tert-OH is 2. The third-order valence-electron chi connectivity index (χ3n) is 12.0. The van der Waals surface area contributed by atoms with Gasteiger partial charge in [-0.25, -0.2) is 0 Å². The maximum absolute atomic E-state index is 13.2. The lowest BCUT2D eigenvalue weighted by Crippen LogP contribution is -2.46. The molecule has 1 amide bonds. The lowest BCUT2D eigenvalue weighted by Gasteiger charge is -2.24. The van der Waals surface area contributed by atoms with E-state index >= 15 is 0 Å². The van der Waals surface area contributed by atoms with Crippen LogP contribution < -0.4 is 5.32 Å². The molecule has 6 nitrogen and oxygen atoms in total. The first kappa shape index (κ1) is 62.8. The molecule has 0 saturated carbocycles. The summed E-state index contributed by atoms with van der Waals surface area (Å²) in [6.45, 7) is 6.33. The van der Waals surface area contributed by atoms with Crippen molar-refractivity contribution in [1.29, 1.82) is 0 Å². The molecule has 0 bridgehead atoms. The quantitative estimate of drug-likeness (QED) is 0.0245. The minimum atomic E-state index is -0.808. The number of unbranched alkanes of at least 4 members (excludes halogenated alkanes) is 22. The molecule has 0 aromatic rings.